The van der Waals surface area contributed by atoms with E-state index in [1.807, 2.05) is 23.6 Å². The summed E-state index contributed by atoms with van der Waals surface area (Å²) in [6, 6.07) is 12.2. The summed E-state index contributed by atoms with van der Waals surface area (Å²) in [5.74, 6) is 1.52. The Bertz CT molecular complexity index is 1100. The average Bonchev–Trinajstić information content (AvgIpc) is 3.36. The van der Waals surface area contributed by atoms with Crippen molar-refractivity contribution in [3.8, 4) is 22.8 Å². The van der Waals surface area contributed by atoms with Gasteiger partial charge in [0.05, 0.1) is 19.9 Å². The van der Waals surface area contributed by atoms with E-state index in [9.17, 15) is 0 Å². The molecule has 0 fully saturated rings. The summed E-state index contributed by atoms with van der Waals surface area (Å²) in [6.07, 6.45) is 3.04. The molecule has 2 heterocycles. The molecule has 0 saturated heterocycles. The highest BCUT2D eigenvalue weighted by atomic mass is 32.1. The number of para-hydroxylation sites is 1. The largest absolute Gasteiger partial charge is 0.497 e. The smallest absolute Gasteiger partial charge is 0.183 e. The van der Waals surface area contributed by atoms with Gasteiger partial charge in [-0.25, -0.2) is 4.98 Å². The molecule has 2 aromatic carbocycles. The predicted molar refractivity (Wildman–Crippen MR) is 116 cm³/mol. The second-order valence-corrected chi connectivity index (χ2v) is 7.45. The fourth-order valence-corrected chi connectivity index (χ4v) is 4.10. The van der Waals surface area contributed by atoms with Crippen LogP contribution in [0.3, 0.4) is 0 Å². The molecule has 0 saturated carbocycles. The van der Waals surface area contributed by atoms with Crippen LogP contribution in [0.2, 0.25) is 0 Å². The zero-order chi connectivity index (χ0) is 19.5. The Morgan fingerprint density at radius 1 is 1.14 bits per heavy atom. The normalized spacial score (nSPS) is 11.0. The van der Waals surface area contributed by atoms with Crippen LogP contribution in [0, 0.1) is 6.92 Å². The van der Waals surface area contributed by atoms with Crippen molar-refractivity contribution in [2.45, 2.75) is 13.3 Å². The van der Waals surface area contributed by atoms with E-state index in [0.717, 1.165) is 40.9 Å². The van der Waals surface area contributed by atoms with Gasteiger partial charge in [-0.05, 0) is 36.6 Å². The Labute approximate surface area is 168 Å². The lowest BCUT2D eigenvalue weighted by atomic mass is 10.1. The number of aryl methyl sites for hydroxylation is 1. The Kier molecular flexibility index (Phi) is 5.21. The van der Waals surface area contributed by atoms with Gasteiger partial charge in [-0.1, -0.05) is 18.2 Å². The van der Waals surface area contributed by atoms with E-state index < -0.39 is 0 Å². The molecule has 2 N–H and O–H groups in total. The zero-order valence-electron chi connectivity index (χ0n) is 16.2. The number of aromatic nitrogens is 2. The molecule has 0 radical (unpaired) electrons. The quantitative estimate of drug-likeness (QED) is 0.449. The first-order valence-corrected chi connectivity index (χ1v) is 10.0. The summed E-state index contributed by atoms with van der Waals surface area (Å²) in [7, 11) is 3.31. The predicted octanol–water partition coefficient (Wildman–Crippen LogP) is 5.27. The first kappa shape index (κ1) is 18.4. The highest BCUT2D eigenvalue weighted by molar-refractivity contribution is 7.14. The van der Waals surface area contributed by atoms with Crippen LogP contribution in [-0.4, -0.2) is 30.7 Å². The molecule has 0 bridgehead atoms. The summed E-state index contributed by atoms with van der Waals surface area (Å²) in [4.78, 5) is 8.11. The fourth-order valence-electron chi connectivity index (χ4n) is 3.36. The van der Waals surface area contributed by atoms with E-state index in [0.29, 0.717) is 0 Å². The first-order chi connectivity index (χ1) is 13.7. The van der Waals surface area contributed by atoms with Crippen LogP contribution in [0.25, 0.3) is 22.2 Å². The number of aromatic amines is 1. The monoisotopic (exact) mass is 393 g/mol. The topological polar surface area (TPSA) is 59.2 Å². The third kappa shape index (κ3) is 3.55. The van der Waals surface area contributed by atoms with Gasteiger partial charge < -0.3 is 19.8 Å². The van der Waals surface area contributed by atoms with Gasteiger partial charge in [0.15, 0.2) is 5.13 Å². The summed E-state index contributed by atoms with van der Waals surface area (Å²) < 4.78 is 10.8. The number of hydrogen-bond acceptors (Lipinski definition) is 5. The maximum absolute atomic E-state index is 5.49. The van der Waals surface area contributed by atoms with Gasteiger partial charge >= 0.3 is 0 Å². The van der Waals surface area contributed by atoms with E-state index in [1.165, 1.54) is 22.0 Å². The van der Waals surface area contributed by atoms with E-state index in [-0.39, 0.29) is 0 Å². The molecule has 6 heteroatoms. The van der Waals surface area contributed by atoms with E-state index >= 15 is 0 Å². The molecule has 4 rings (SSSR count). The molecule has 0 spiro atoms. The number of nitrogens with zero attached hydrogens (tertiary/aromatic N) is 1. The van der Waals surface area contributed by atoms with E-state index in [2.05, 4.69) is 41.6 Å². The minimum atomic E-state index is 0.755. The Balaban J connectivity index is 1.45. The van der Waals surface area contributed by atoms with Gasteiger partial charge in [0, 0.05) is 40.7 Å². The number of fused-ring (bicyclic) bond motifs is 1. The Morgan fingerprint density at radius 3 is 2.86 bits per heavy atom. The average molecular weight is 394 g/mol. The van der Waals surface area contributed by atoms with Gasteiger partial charge in [-0.2, -0.15) is 0 Å². The van der Waals surface area contributed by atoms with Crippen LogP contribution in [0.4, 0.5) is 5.13 Å². The number of anilines is 1. The molecule has 144 valence electrons. The lowest BCUT2D eigenvalue weighted by molar-refractivity contribution is 0.395. The first-order valence-electron chi connectivity index (χ1n) is 9.17. The zero-order valence-corrected chi connectivity index (χ0v) is 17.0. The Morgan fingerprint density at radius 2 is 2.04 bits per heavy atom. The third-order valence-electron chi connectivity index (χ3n) is 4.87. The molecule has 0 aliphatic carbocycles. The molecular weight excluding hydrogens is 370 g/mol. The van der Waals surface area contributed by atoms with Crippen molar-refractivity contribution in [1.29, 1.82) is 0 Å². The summed E-state index contributed by atoms with van der Waals surface area (Å²) in [5.41, 5.74) is 5.67. The minimum absolute atomic E-state index is 0.755. The molecule has 0 unspecified atom stereocenters. The molecule has 0 amide bonds. The number of benzene rings is 2. The van der Waals surface area contributed by atoms with Gasteiger partial charge in [-0.15, -0.1) is 11.3 Å². The number of methoxy groups -OCH3 is 2. The molecule has 2 aromatic heterocycles. The maximum atomic E-state index is 5.49. The standard InChI is InChI=1S/C22H23N3O2S/c1-14-5-4-6-17-15(12-24-21(14)17)9-10-23-22-25-19(13-28-22)18-8-7-16(26-2)11-20(18)27-3/h4-8,11-13,24H,9-10H2,1-3H3,(H,23,25). The number of thiazole rings is 1. The lowest BCUT2D eigenvalue weighted by Crippen LogP contribution is -2.04. The van der Waals surface area contributed by atoms with Gasteiger partial charge in [0.25, 0.3) is 0 Å². The molecule has 28 heavy (non-hydrogen) atoms. The molecule has 0 aliphatic rings. The van der Waals surface area contributed by atoms with Crippen LogP contribution in [0.15, 0.2) is 48.0 Å². The molecule has 0 aliphatic heterocycles. The van der Waals surface area contributed by atoms with Crippen molar-refractivity contribution >= 4 is 27.4 Å². The highest BCUT2D eigenvalue weighted by Crippen LogP contribution is 2.34. The highest BCUT2D eigenvalue weighted by Gasteiger charge is 2.11. The second kappa shape index (κ2) is 7.94. The van der Waals surface area contributed by atoms with Crippen LogP contribution < -0.4 is 14.8 Å². The molecular formula is C22H23N3O2S. The Hall–Kier alpha value is -2.99. The fraction of sp³-hybridized carbons (Fsp3) is 0.227. The summed E-state index contributed by atoms with van der Waals surface area (Å²) in [6.45, 7) is 2.96. The number of rotatable bonds is 7. The number of ether oxygens (including phenoxy) is 2. The van der Waals surface area contributed by atoms with Crippen LogP contribution in [-0.2, 0) is 6.42 Å². The van der Waals surface area contributed by atoms with Crippen molar-refractivity contribution in [2.75, 3.05) is 26.1 Å². The van der Waals surface area contributed by atoms with Crippen LogP contribution >= 0.6 is 11.3 Å². The summed E-state index contributed by atoms with van der Waals surface area (Å²) in [5, 5.41) is 7.69. The number of hydrogen-bond donors (Lipinski definition) is 2. The van der Waals surface area contributed by atoms with Gasteiger partial charge in [-0.3, -0.25) is 0 Å². The van der Waals surface area contributed by atoms with E-state index in [1.54, 1.807) is 25.6 Å². The minimum Gasteiger partial charge on any atom is -0.497 e. The number of H-pyrrole nitrogens is 1. The second-order valence-electron chi connectivity index (χ2n) is 6.59. The molecule has 4 aromatic rings. The third-order valence-corrected chi connectivity index (χ3v) is 5.67. The van der Waals surface area contributed by atoms with Crippen molar-refractivity contribution in [3.63, 3.8) is 0 Å². The van der Waals surface area contributed by atoms with Crippen molar-refractivity contribution in [2.24, 2.45) is 0 Å². The maximum Gasteiger partial charge on any atom is 0.183 e. The van der Waals surface area contributed by atoms with Crippen molar-refractivity contribution in [1.82, 2.24) is 9.97 Å². The number of nitrogens with one attached hydrogen (secondary N) is 2. The summed E-state index contributed by atoms with van der Waals surface area (Å²) >= 11 is 1.60. The van der Waals surface area contributed by atoms with Crippen molar-refractivity contribution < 1.29 is 9.47 Å². The van der Waals surface area contributed by atoms with E-state index in [4.69, 9.17) is 14.5 Å². The molecule has 0 atom stereocenters. The van der Waals surface area contributed by atoms with Crippen molar-refractivity contribution in [3.05, 3.63) is 59.1 Å². The van der Waals surface area contributed by atoms with Crippen LogP contribution in [0.5, 0.6) is 11.5 Å². The molecule has 5 nitrogen and oxygen atoms in total. The lowest BCUT2D eigenvalue weighted by Gasteiger charge is -2.08. The van der Waals surface area contributed by atoms with Gasteiger partial charge in [0.1, 0.15) is 11.5 Å². The SMILES string of the molecule is COc1ccc(-c2csc(NCCc3c[nH]c4c(C)cccc34)n2)c(OC)c1. The van der Waals surface area contributed by atoms with Gasteiger partial charge in [0.2, 0.25) is 0 Å². The van der Waals surface area contributed by atoms with Crippen LogP contribution in [0.1, 0.15) is 11.1 Å².